The van der Waals surface area contributed by atoms with Crippen LogP contribution >= 0.6 is 11.5 Å². The van der Waals surface area contributed by atoms with Crippen LogP contribution in [0.4, 0.5) is 0 Å². The minimum absolute atomic E-state index is 0. The van der Waals surface area contributed by atoms with E-state index in [1.807, 2.05) is 6.92 Å². The first-order valence-corrected chi connectivity index (χ1v) is 3.35. The van der Waals surface area contributed by atoms with Gasteiger partial charge in [-0.3, -0.25) is 5.10 Å². The molecule has 0 aliphatic rings. The van der Waals surface area contributed by atoms with E-state index in [1.165, 1.54) is 16.4 Å². The van der Waals surface area contributed by atoms with Crippen molar-refractivity contribution >= 4 is 22.6 Å². The zero-order valence-corrected chi connectivity index (χ0v) is 8.74. The fraction of sp³-hybridized carbons (Fsp3) is 0.200. The molecule has 0 saturated carbocycles. The van der Waals surface area contributed by atoms with Crippen LogP contribution in [0.15, 0.2) is 6.20 Å². The van der Waals surface area contributed by atoms with Gasteiger partial charge in [-0.05, 0) is 12.6 Å². The van der Waals surface area contributed by atoms with Crippen molar-refractivity contribution in [3.8, 4) is 0 Å². The van der Waals surface area contributed by atoms with Crippen molar-refractivity contribution in [1.29, 1.82) is 0 Å². The van der Waals surface area contributed by atoms with Gasteiger partial charge in [0, 0.05) is 36.9 Å². The van der Waals surface area contributed by atoms with Crippen LogP contribution in [-0.2, 0) is 20.4 Å². The van der Waals surface area contributed by atoms with Gasteiger partial charge in [-0.25, -0.2) is 0 Å². The third-order valence-corrected chi connectivity index (χ3v) is 1.99. The van der Waals surface area contributed by atoms with E-state index in [0.717, 1.165) is 11.0 Å². The van der Waals surface area contributed by atoms with Gasteiger partial charge in [0.15, 0.2) is 0 Å². The van der Waals surface area contributed by atoms with E-state index in [1.54, 1.807) is 6.20 Å². The second kappa shape index (κ2) is 2.79. The Balaban J connectivity index is 0.000000500. The summed E-state index contributed by atoms with van der Waals surface area (Å²) in [5.41, 5.74) is 0.775. The van der Waals surface area contributed by atoms with E-state index in [2.05, 4.69) is 14.6 Å². The number of aryl methyl sites for hydroxylation is 1. The van der Waals surface area contributed by atoms with Crippen molar-refractivity contribution in [3.63, 3.8) is 0 Å². The second-order valence-electron chi connectivity index (χ2n) is 1.82. The molecular weight excluding hydrogens is 320 g/mol. The van der Waals surface area contributed by atoms with Crippen LogP contribution < -0.4 is 5.10 Å². The molecule has 2 rings (SSSR count). The average Bonchev–Trinajstić information content (AvgIpc) is 2.35. The smallest absolute Gasteiger partial charge is 0.0342 e. The molecule has 0 amide bonds. The molecule has 3 nitrogen and oxygen atoms in total. The molecule has 2 aromatic heterocycles. The second-order valence-corrected chi connectivity index (χ2v) is 2.80. The van der Waals surface area contributed by atoms with Crippen molar-refractivity contribution in [2.75, 3.05) is 0 Å². The van der Waals surface area contributed by atoms with Crippen LogP contribution in [0.1, 0.15) is 4.88 Å². The molecule has 2 aromatic rings. The standard InChI is InChI=1S/C5H4N3S.Re/c1-3-4-2-6-7-5(4)8-9-3;/h2H,1H3;/q-1;. The van der Waals surface area contributed by atoms with Gasteiger partial charge in [0.2, 0.25) is 0 Å². The first-order valence-electron chi connectivity index (χ1n) is 2.58. The summed E-state index contributed by atoms with van der Waals surface area (Å²) in [7, 11) is 0. The SMILES string of the molecule is Cc1snc2[n-]ncc12.[Re]. The third-order valence-electron chi connectivity index (χ3n) is 1.23. The molecule has 0 atom stereocenters. The Kier molecular flexibility index (Phi) is 2.19. The van der Waals surface area contributed by atoms with Crippen LogP contribution in [0.3, 0.4) is 0 Å². The number of hydrogen-bond donors (Lipinski definition) is 0. The van der Waals surface area contributed by atoms with E-state index in [9.17, 15) is 0 Å². The molecule has 0 fully saturated rings. The molecule has 5 heteroatoms. The number of nitrogens with zero attached hydrogens (tertiary/aromatic N) is 3. The van der Waals surface area contributed by atoms with Crippen molar-refractivity contribution in [2.24, 2.45) is 0 Å². The summed E-state index contributed by atoms with van der Waals surface area (Å²) in [4.78, 5) is 1.19. The Morgan fingerprint density at radius 1 is 1.60 bits per heavy atom. The summed E-state index contributed by atoms with van der Waals surface area (Å²) in [6, 6.07) is 0. The van der Waals surface area contributed by atoms with Crippen molar-refractivity contribution < 1.29 is 20.4 Å². The molecule has 10 heavy (non-hydrogen) atoms. The summed E-state index contributed by atoms with van der Waals surface area (Å²) >= 11 is 1.47. The molecule has 0 N–H and O–H groups in total. The normalized spacial score (nSPS) is 9.70. The summed E-state index contributed by atoms with van der Waals surface area (Å²) in [5.74, 6) is 0. The monoisotopic (exact) mass is 325 g/mol. The first-order chi connectivity index (χ1) is 4.38. The Morgan fingerprint density at radius 3 is 3.10 bits per heavy atom. The number of aromatic nitrogens is 3. The van der Waals surface area contributed by atoms with Gasteiger partial charge in [-0.2, -0.15) is 11.5 Å². The molecule has 1 radical (unpaired) electrons. The van der Waals surface area contributed by atoms with Crippen LogP contribution in [-0.4, -0.2) is 9.47 Å². The summed E-state index contributed by atoms with van der Waals surface area (Å²) in [5, 5.41) is 8.59. The van der Waals surface area contributed by atoms with Gasteiger partial charge in [-0.1, -0.05) is 0 Å². The van der Waals surface area contributed by atoms with Gasteiger partial charge in [-0.15, -0.1) is 0 Å². The molecular formula is C5H4N3ReS-. The van der Waals surface area contributed by atoms with Gasteiger partial charge in [0.05, 0.1) is 0 Å². The topological polar surface area (TPSA) is 39.9 Å². The molecule has 0 aliphatic carbocycles. The van der Waals surface area contributed by atoms with Gasteiger partial charge in [0.25, 0.3) is 0 Å². The molecule has 2 heterocycles. The van der Waals surface area contributed by atoms with Crippen LogP contribution in [0.5, 0.6) is 0 Å². The van der Waals surface area contributed by atoms with Crippen molar-refractivity contribution in [3.05, 3.63) is 11.1 Å². The van der Waals surface area contributed by atoms with Gasteiger partial charge in [0.1, 0.15) is 0 Å². The minimum Gasteiger partial charge on any atom is -0.388 e. The van der Waals surface area contributed by atoms with E-state index >= 15 is 0 Å². The van der Waals surface area contributed by atoms with Crippen molar-refractivity contribution in [1.82, 2.24) is 14.6 Å². The molecule has 53 valence electrons. The average molecular weight is 324 g/mol. The van der Waals surface area contributed by atoms with E-state index in [-0.39, 0.29) is 20.4 Å². The maximum Gasteiger partial charge on any atom is 0.0342 e. The van der Waals surface area contributed by atoms with Gasteiger partial charge < -0.3 is 9.47 Å². The largest absolute Gasteiger partial charge is 0.388 e. The minimum atomic E-state index is 0. The molecule has 0 aliphatic heterocycles. The van der Waals surface area contributed by atoms with Gasteiger partial charge >= 0.3 is 0 Å². The number of rotatable bonds is 0. The van der Waals surface area contributed by atoms with E-state index in [4.69, 9.17) is 0 Å². The quantitative estimate of drug-likeness (QED) is 0.724. The predicted molar refractivity (Wildman–Crippen MR) is 35.5 cm³/mol. The summed E-state index contributed by atoms with van der Waals surface area (Å²) < 4.78 is 4.05. The van der Waals surface area contributed by atoms with Crippen LogP contribution in [0.2, 0.25) is 0 Å². The van der Waals surface area contributed by atoms with Crippen LogP contribution in [0, 0.1) is 6.92 Å². The summed E-state index contributed by atoms with van der Waals surface area (Å²) in [6.45, 7) is 2.02. The third kappa shape index (κ3) is 1.01. The summed E-state index contributed by atoms with van der Waals surface area (Å²) in [6.07, 6.45) is 1.74. The number of hydrogen-bond acceptors (Lipinski definition) is 3. The maximum absolute atomic E-state index is 4.05. The Hall–Kier alpha value is -0.238. The van der Waals surface area contributed by atoms with E-state index in [0.29, 0.717) is 0 Å². The zero-order chi connectivity index (χ0) is 6.27. The molecule has 0 spiro atoms. The fourth-order valence-electron chi connectivity index (χ4n) is 0.730. The Morgan fingerprint density at radius 2 is 2.40 bits per heavy atom. The van der Waals surface area contributed by atoms with E-state index < -0.39 is 0 Å². The zero-order valence-electron chi connectivity index (χ0n) is 5.21. The Bertz CT molecular complexity index is 326. The Labute approximate surface area is 75.7 Å². The molecule has 0 bridgehead atoms. The fourth-order valence-corrected chi connectivity index (χ4v) is 1.33. The number of fused-ring (bicyclic) bond motifs is 1. The molecule has 0 saturated heterocycles. The molecule has 0 aromatic carbocycles. The predicted octanol–water partition coefficient (Wildman–Crippen LogP) is 0.954. The van der Waals surface area contributed by atoms with Crippen molar-refractivity contribution in [2.45, 2.75) is 6.92 Å². The maximum atomic E-state index is 4.05. The first kappa shape index (κ1) is 7.86. The molecule has 0 unspecified atom stereocenters. The van der Waals surface area contributed by atoms with Crippen LogP contribution in [0.25, 0.3) is 11.0 Å².